The Balaban J connectivity index is 2.85. The lowest BCUT2D eigenvalue weighted by molar-refractivity contribution is 0.210. The highest BCUT2D eigenvalue weighted by Gasteiger charge is 2.23. The molecule has 0 aliphatic heterocycles. The Kier molecular flexibility index (Phi) is 4.33. The van der Waals surface area contributed by atoms with Crippen molar-refractivity contribution >= 4 is 0 Å². The SMILES string of the molecule is CC(C)Oc1ccc(C(C)(CN)CO)cc1. The molecule has 0 aliphatic carbocycles. The van der Waals surface area contributed by atoms with Crippen LogP contribution in [0.5, 0.6) is 5.75 Å². The van der Waals surface area contributed by atoms with E-state index < -0.39 is 0 Å². The van der Waals surface area contributed by atoms with Gasteiger partial charge in [-0.3, -0.25) is 0 Å². The van der Waals surface area contributed by atoms with Crippen molar-refractivity contribution in [3.05, 3.63) is 29.8 Å². The molecule has 0 amide bonds. The van der Waals surface area contributed by atoms with Crippen LogP contribution in [0.25, 0.3) is 0 Å². The quantitative estimate of drug-likeness (QED) is 0.798. The number of nitrogens with two attached hydrogens (primary N) is 1. The molecule has 3 heteroatoms. The molecule has 1 aromatic carbocycles. The second-order valence-corrected chi connectivity index (χ2v) is 4.61. The molecule has 3 nitrogen and oxygen atoms in total. The molecule has 0 bridgehead atoms. The van der Waals surface area contributed by atoms with Gasteiger partial charge in [0.15, 0.2) is 0 Å². The van der Waals surface area contributed by atoms with Gasteiger partial charge < -0.3 is 15.6 Å². The fraction of sp³-hybridized carbons (Fsp3) is 0.538. The maximum absolute atomic E-state index is 9.34. The molecule has 3 N–H and O–H groups in total. The van der Waals surface area contributed by atoms with Gasteiger partial charge in [-0.05, 0) is 31.5 Å². The van der Waals surface area contributed by atoms with E-state index in [-0.39, 0.29) is 18.1 Å². The molecule has 1 aromatic rings. The minimum absolute atomic E-state index is 0.0495. The molecule has 1 rings (SSSR count). The van der Waals surface area contributed by atoms with Gasteiger partial charge in [-0.15, -0.1) is 0 Å². The minimum Gasteiger partial charge on any atom is -0.491 e. The van der Waals surface area contributed by atoms with Crippen molar-refractivity contribution < 1.29 is 9.84 Å². The van der Waals surface area contributed by atoms with Crippen LogP contribution in [0.2, 0.25) is 0 Å². The van der Waals surface area contributed by atoms with Crippen LogP contribution in [0.15, 0.2) is 24.3 Å². The van der Waals surface area contributed by atoms with Crippen molar-refractivity contribution in [1.82, 2.24) is 0 Å². The van der Waals surface area contributed by atoms with E-state index in [0.29, 0.717) is 6.54 Å². The summed E-state index contributed by atoms with van der Waals surface area (Å²) in [6.07, 6.45) is 0.171. The molecule has 0 aliphatic rings. The molecule has 0 radical (unpaired) electrons. The molecule has 0 fully saturated rings. The number of rotatable bonds is 5. The van der Waals surface area contributed by atoms with Crippen LogP contribution < -0.4 is 10.5 Å². The number of benzene rings is 1. The Labute approximate surface area is 97.2 Å². The van der Waals surface area contributed by atoms with E-state index in [9.17, 15) is 5.11 Å². The van der Waals surface area contributed by atoms with Crippen molar-refractivity contribution in [3.63, 3.8) is 0 Å². The van der Waals surface area contributed by atoms with Gasteiger partial charge in [0.25, 0.3) is 0 Å². The summed E-state index contributed by atoms with van der Waals surface area (Å²) in [6.45, 7) is 6.41. The lowest BCUT2D eigenvalue weighted by atomic mass is 9.83. The van der Waals surface area contributed by atoms with Gasteiger partial charge in [-0.1, -0.05) is 19.1 Å². The second kappa shape index (κ2) is 5.32. The summed E-state index contributed by atoms with van der Waals surface area (Å²) >= 11 is 0. The minimum atomic E-state index is -0.365. The fourth-order valence-electron chi connectivity index (χ4n) is 1.48. The van der Waals surface area contributed by atoms with Crippen LogP contribution >= 0.6 is 0 Å². The number of hydrogen-bond donors (Lipinski definition) is 2. The van der Waals surface area contributed by atoms with Gasteiger partial charge in [0.05, 0.1) is 12.7 Å². The third kappa shape index (κ3) is 2.97. The molecule has 1 atom stereocenters. The first-order valence-electron chi connectivity index (χ1n) is 5.60. The topological polar surface area (TPSA) is 55.5 Å². The average molecular weight is 223 g/mol. The predicted octanol–water partition coefficient (Wildman–Crippen LogP) is 1.68. The zero-order valence-corrected chi connectivity index (χ0v) is 10.2. The summed E-state index contributed by atoms with van der Waals surface area (Å²) in [6, 6.07) is 7.75. The van der Waals surface area contributed by atoms with Crippen LogP contribution in [0, 0.1) is 0 Å². The number of hydrogen-bond acceptors (Lipinski definition) is 3. The maximum Gasteiger partial charge on any atom is 0.119 e. The third-order valence-electron chi connectivity index (χ3n) is 2.72. The molecule has 0 saturated carbocycles. The normalized spacial score (nSPS) is 14.9. The van der Waals surface area contributed by atoms with E-state index in [4.69, 9.17) is 10.5 Å². The van der Waals surface area contributed by atoms with Crippen LogP contribution in [-0.2, 0) is 5.41 Å². The Bertz CT molecular complexity index is 315. The summed E-state index contributed by atoms with van der Waals surface area (Å²) in [5.74, 6) is 0.844. The van der Waals surface area contributed by atoms with Crippen LogP contribution in [-0.4, -0.2) is 24.4 Å². The van der Waals surface area contributed by atoms with E-state index in [1.54, 1.807) is 0 Å². The Morgan fingerprint density at radius 2 is 1.88 bits per heavy atom. The molecule has 0 heterocycles. The molecular weight excluding hydrogens is 202 g/mol. The summed E-state index contributed by atoms with van der Waals surface area (Å²) in [7, 11) is 0. The van der Waals surface area contributed by atoms with Crippen LogP contribution in [0.3, 0.4) is 0 Å². The molecule has 16 heavy (non-hydrogen) atoms. The first kappa shape index (κ1) is 13.0. The van der Waals surface area contributed by atoms with Gasteiger partial charge in [0.1, 0.15) is 5.75 Å². The highest BCUT2D eigenvalue weighted by molar-refractivity contribution is 5.32. The predicted molar refractivity (Wildman–Crippen MR) is 65.7 cm³/mol. The zero-order valence-electron chi connectivity index (χ0n) is 10.2. The molecular formula is C13H21NO2. The molecule has 0 spiro atoms. The van der Waals surface area contributed by atoms with E-state index in [0.717, 1.165) is 11.3 Å². The number of aliphatic hydroxyl groups is 1. The monoisotopic (exact) mass is 223 g/mol. The van der Waals surface area contributed by atoms with Gasteiger partial charge in [0, 0.05) is 12.0 Å². The van der Waals surface area contributed by atoms with Crippen molar-refractivity contribution in [3.8, 4) is 5.75 Å². The molecule has 0 saturated heterocycles. The van der Waals surface area contributed by atoms with Gasteiger partial charge in [0.2, 0.25) is 0 Å². The van der Waals surface area contributed by atoms with E-state index >= 15 is 0 Å². The Hall–Kier alpha value is -1.06. The summed E-state index contributed by atoms with van der Waals surface area (Å²) in [4.78, 5) is 0. The third-order valence-corrected chi connectivity index (χ3v) is 2.72. The lowest BCUT2D eigenvalue weighted by Gasteiger charge is -2.26. The number of ether oxygens (including phenoxy) is 1. The van der Waals surface area contributed by atoms with E-state index in [1.165, 1.54) is 0 Å². The second-order valence-electron chi connectivity index (χ2n) is 4.61. The summed E-state index contributed by atoms with van der Waals surface area (Å²) < 4.78 is 5.56. The van der Waals surface area contributed by atoms with Gasteiger partial charge in [-0.2, -0.15) is 0 Å². The highest BCUT2D eigenvalue weighted by Crippen LogP contribution is 2.24. The number of aliphatic hydroxyl groups excluding tert-OH is 1. The van der Waals surface area contributed by atoms with Crippen molar-refractivity contribution in [2.45, 2.75) is 32.3 Å². The molecule has 90 valence electrons. The van der Waals surface area contributed by atoms with E-state index in [1.807, 2.05) is 45.0 Å². The van der Waals surface area contributed by atoms with E-state index in [2.05, 4.69) is 0 Å². The lowest BCUT2D eigenvalue weighted by Crippen LogP contribution is -2.35. The first-order chi connectivity index (χ1) is 7.51. The Morgan fingerprint density at radius 3 is 2.25 bits per heavy atom. The van der Waals surface area contributed by atoms with Crippen molar-refractivity contribution in [2.75, 3.05) is 13.2 Å². The standard InChI is InChI=1S/C13H21NO2/c1-10(2)16-12-6-4-11(5-7-12)13(3,8-14)9-15/h4-7,10,15H,8-9,14H2,1-3H3. The van der Waals surface area contributed by atoms with Crippen molar-refractivity contribution in [2.24, 2.45) is 5.73 Å². The smallest absolute Gasteiger partial charge is 0.119 e. The summed E-state index contributed by atoms with van der Waals surface area (Å²) in [5.41, 5.74) is 6.35. The van der Waals surface area contributed by atoms with Crippen LogP contribution in [0.1, 0.15) is 26.3 Å². The summed E-state index contributed by atoms with van der Waals surface area (Å²) in [5, 5.41) is 9.34. The average Bonchev–Trinajstić information content (AvgIpc) is 2.28. The van der Waals surface area contributed by atoms with Crippen molar-refractivity contribution in [1.29, 1.82) is 0 Å². The van der Waals surface area contributed by atoms with Gasteiger partial charge >= 0.3 is 0 Å². The van der Waals surface area contributed by atoms with Crippen LogP contribution in [0.4, 0.5) is 0 Å². The molecule has 0 aromatic heterocycles. The maximum atomic E-state index is 9.34. The largest absolute Gasteiger partial charge is 0.491 e. The Morgan fingerprint density at radius 1 is 1.31 bits per heavy atom. The highest BCUT2D eigenvalue weighted by atomic mass is 16.5. The fourth-order valence-corrected chi connectivity index (χ4v) is 1.48. The van der Waals surface area contributed by atoms with Gasteiger partial charge in [-0.25, -0.2) is 0 Å². The molecule has 1 unspecified atom stereocenters. The zero-order chi connectivity index (χ0) is 12.2. The first-order valence-corrected chi connectivity index (χ1v) is 5.60.